The van der Waals surface area contributed by atoms with Gasteiger partial charge in [0.15, 0.2) is 10.6 Å². The molecule has 11 heteroatoms. The third-order valence-corrected chi connectivity index (χ3v) is 5.93. The van der Waals surface area contributed by atoms with Crippen molar-refractivity contribution in [1.82, 2.24) is 4.57 Å². The highest BCUT2D eigenvalue weighted by Crippen LogP contribution is 2.33. The van der Waals surface area contributed by atoms with Crippen molar-refractivity contribution in [3.8, 4) is 5.75 Å². The molecule has 0 unspecified atom stereocenters. The normalized spacial score (nSPS) is 11.9. The van der Waals surface area contributed by atoms with Crippen molar-refractivity contribution in [2.24, 2.45) is 12.0 Å². The van der Waals surface area contributed by atoms with Crippen molar-refractivity contribution in [2.75, 3.05) is 7.11 Å². The predicted molar refractivity (Wildman–Crippen MR) is 98.2 cm³/mol. The predicted octanol–water partition coefficient (Wildman–Crippen LogP) is 4.27. The summed E-state index contributed by atoms with van der Waals surface area (Å²) >= 11 is 14.1. The Hall–Kier alpha value is -1.94. The van der Waals surface area contributed by atoms with E-state index in [-0.39, 0.29) is 15.6 Å². The summed E-state index contributed by atoms with van der Waals surface area (Å²) in [5.74, 6) is -0.211. The number of aryl methyl sites for hydroxylation is 1. The fourth-order valence-corrected chi connectivity index (χ4v) is 4.75. The molecule has 0 spiro atoms. The molecule has 130 valence electrons. The van der Waals surface area contributed by atoms with E-state index in [9.17, 15) is 14.9 Å². The standard InChI is InChI=1S/C14H9Cl2N3O4S2/c1-18-11-8(23-2)3-6(19(21)22)4-9(11)24-14(18)17-13(20)7-5-10(15)25-12(7)16/h3-5H,1-2H3. The molecule has 0 atom stereocenters. The van der Waals surface area contributed by atoms with Crippen LogP contribution in [0, 0.1) is 10.1 Å². The summed E-state index contributed by atoms with van der Waals surface area (Å²) in [6.07, 6.45) is 0. The summed E-state index contributed by atoms with van der Waals surface area (Å²) in [7, 11) is 3.12. The Morgan fingerprint density at radius 3 is 2.60 bits per heavy atom. The number of thiophene rings is 1. The van der Waals surface area contributed by atoms with Gasteiger partial charge in [0, 0.05) is 13.1 Å². The number of amides is 1. The Labute approximate surface area is 158 Å². The number of thiazole rings is 1. The summed E-state index contributed by atoms with van der Waals surface area (Å²) in [6.45, 7) is 0. The van der Waals surface area contributed by atoms with Gasteiger partial charge in [0.1, 0.15) is 9.85 Å². The van der Waals surface area contributed by atoms with Gasteiger partial charge in [-0.05, 0) is 6.07 Å². The maximum atomic E-state index is 12.4. The zero-order valence-corrected chi connectivity index (χ0v) is 15.9. The lowest BCUT2D eigenvalue weighted by Gasteiger charge is -2.03. The number of rotatable bonds is 3. The Morgan fingerprint density at radius 1 is 1.32 bits per heavy atom. The number of non-ortho nitro benzene ring substituents is 1. The topological polar surface area (TPSA) is 86.7 Å². The Balaban J connectivity index is 2.20. The first kappa shape index (κ1) is 17.9. The number of fused-ring (bicyclic) bond motifs is 1. The lowest BCUT2D eigenvalue weighted by Crippen LogP contribution is -2.13. The van der Waals surface area contributed by atoms with Gasteiger partial charge in [-0.3, -0.25) is 14.9 Å². The van der Waals surface area contributed by atoms with E-state index in [0.29, 0.717) is 25.1 Å². The van der Waals surface area contributed by atoms with Crippen LogP contribution in [-0.2, 0) is 7.05 Å². The summed E-state index contributed by atoms with van der Waals surface area (Å²) in [5, 5.41) is 11.1. The molecule has 1 amide bonds. The van der Waals surface area contributed by atoms with Crippen LogP contribution in [0.25, 0.3) is 10.2 Å². The minimum Gasteiger partial charge on any atom is -0.494 e. The molecule has 0 fully saturated rings. The van der Waals surface area contributed by atoms with E-state index in [2.05, 4.69) is 4.99 Å². The van der Waals surface area contributed by atoms with Gasteiger partial charge in [-0.15, -0.1) is 11.3 Å². The number of aromatic nitrogens is 1. The highest BCUT2D eigenvalue weighted by molar-refractivity contribution is 7.20. The number of halogens is 2. The van der Waals surface area contributed by atoms with Crippen LogP contribution in [-0.4, -0.2) is 22.5 Å². The molecule has 7 nitrogen and oxygen atoms in total. The van der Waals surface area contributed by atoms with Crippen molar-refractivity contribution in [3.05, 3.63) is 47.4 Å². The molecule has 0 saturated heterocycles. The van der Waals surface area contributed by atoms with Gasteiger partial charge in [-0.2, -0.15) is 4.99 Å². The number of hydrogen-bond donors (Lipinski definition) is 0. The number of carbonyl (C=O) groups excluding carboxylic acids is 1. The SMILES string of the molecule is COc1cc([N+](=O)[O-])cc2sc(=NC(=O)c3cc(Cl)sc3Cl)n(C)c12. The largest absolute Gasteiger partial charge is 0.494 e. The Kier molecular flexibility index (Phi) is 4.83. The molecular weight excluding hydrogens is 409 g/mol. The molecule has 25 heavy (non-hydrogen) atoms. The van der Waals surface area contributed by atoms with Crippen LogP contribution in [0.2, 0.25) is 8.67 Å². The Bertz CT molecular complexity index is 1080. The molecule has 0 N–H and O–H groups in total. The smallest absolute Gasteiger partial charge is 0.282 e. The highest BCUT2D eigenvalue weighted by atomic mass is 35.5. The van der Waals surface area contributed by atoms with Gasteiger partial charge in [-0.25, -0.2) is 0 Å². The summed E-state index contributed by atoms with van der Waals surface area (Å²) in [6, 6.07) is 4.20. The van der Waals surface area contributed by atoms with Crippen LogP contribution >= 0.6 is 45.9 Å². The van der Waals surface area contributed by atoms with Crippen LogP contribution in [0.15, 0.2) is 23.2 Å². The van der Waals surface area contributed by atoms with Gasteiger partial charge in [-0.1, -0.05) is 34.5 Å². The highest BCUT2D eigenvalue weighted by Gasteiger charge is 2.18. The maximum absolute atomic E-state index is 12.4. The summed E-state index contributed by atoms with van der Waals surface area (Å²) < 4.78 is 8.11. The third-order valence-electron chi connectivity index (χ3n) is 3.36. The average Bonchev–Trinajstić information content (AvgIpc) is 3.06. The Morgan fingerprint density at radius 2 is 2.04 bits per heavy atom. The summed E-state index contributed by atoms with van der Waals surface area (Å²) in [4.78, 5) is 27.3. The first-order valence-electron chi connectivity index (χ1n) is 6.67. The lowest BCUT2D eigenvalue weighted by atomic mass is 10.2. The van der Waals surface area contributed by atoms with E-state index in [1.807, 2.05) is 0 Å². The van der Waals surface area contributed by atoms with Crippen LogP contribution in [0.3, 0.4) is 0 Å². The van der Waals surface area contributed by atoms with E-state index in [1.165, 1.54) is 25.3 Å². The minimum absolute atomic E-state index is 0.100. The van der Waals surface area contributed by atoms with E-state index >= 15 is 0 Å². The number of carbonyl (C=O) groups is 1. The van der Waals surface area contributed by atoms with Crippen molar-refractivity contribution < 1.29 is 14.5 Å². The molecule has 0 aliphatic carbocycles. The van der Waals surface area contributed by atoms with Crippen molar-refractivity contribution in [1.29, 1.82) is 0 Å². The number of nitrogens with zero attached hydrogens (tertiary/aromatic N) is 3. The first-order valence-corrected chi connectivity index (χ1v) is 9.06. The number of nitro benzene ring substituents is 1. The quantitative estimate of drug-likeness (QED) is 0.470. The molecular formula is C14H9Cl2N3O4S2. The van der Waals surface area contributed by atoms with E-state index in [0.717, 1.165) is 22.7 Å². The molecule has 0 radical (unpaired) electrons. The minimum atomic E-state index is -0.538. The third kappa shape index (κ3) is 3.28. The first-order chi connectivity index (χ1) is 11.8. The average molecular weight is 418 g/mol. The van der Waals surface area contributed by atoms with Gasteiger partial charge in [0.2, 0.25) is 0 Å². The summed E-state index contributed by atoms with van der Waals surface area (Å²) in [5.41, 5.74) is 0.725. The monoisotopic (exact) mass is 417 g/mol. The molecule has 1 aromatic carbocycles. The fourth-order valence-electron chi connectivity index (χ4n) is 2.23. The van der Waals surface area contributed by atoms with Gasteiger partial charge in [0.05, 0.1) is 32.7 Å². The number of benzene rings is 1. The van der Waals surface area contributed by atoms with Crippen molar-refractivity contribution in [2.45, 2.75) is 0 Å². The van der Waals surface area contributed by atoms with Crippen LogP contribution in [0.4, 0.5) is 5.69 Å². The van der Waals surface area contributed by atoms with Gasteiger partial charge >= 0.3 is 0 Å². The van der Waals surface area contributed by atoms with Crippen molar-refractivity contribution >= 4 is 67.7 Å². The van der Waals surface area contributed by atoms with E-state index in [1.54, 1.807) is 11.6 Å². The molecule has 3 aromatic rings. The zero-order chi connectivity index (χ0) is 18.3. The fraction of sp³-hybridized carbons (Fsp3) is 0.143. The second-order valence-corrected chi connectivity index (χ2v) is 8.15. The molecule has 0 aliphatic rings. The number of methoxy groups -OCH3 is 1. The van der Waals surface area contributed by atoms with Gasteiger partial charge in [0.25, 0.3) is 11.6 Å². The number of ether oxygens (including phenoxy) is 1. The second-order valence-electron chi connectivity index (χ2n) is 4.85. The molecule has 2 heterocycles. The van der Waals surface area contributed by atoms with Crippen LogP contribution < -0.4 is 9.54 Å². The molecule has 0 aliphatic heterocycles. The van der Waals surface area contributed by atoms with E-state index in [4.69, 9.17) is 27.9 Å². The molecule has 2 aromatic heterocycles. The van der Waals surface area contributed by atoms with Crippen LogP contribution in [0.1, 0.15) is 10.4 Å². The maximum Gasteiger partial charge on any atom is 0.282 e. The number of hydrogen-bond acceptors (Lipinski definition) is 6. The zero-order valence-electron chi connectivity index (χ0n) is 12.8. The molecule has 3 rings (SSSR count). The van der Waals surface area contributed by atoms with Gasteiger partial charge < -0.3 is 9.30 Å². The molecule has 0 bridgehead atoms. The molecule has 0 saturated carbocycles. The number of nitro groups is 1. The lowest BCUT2D eigenvalue weighted by molar-refractivity contribution is -0.384. The second kappa shape index (κ2) is 6.75. The van der Waals surface area contributed by atoms with Crippen LogP contribution in [0.5, 0.6) is 5.75 Å². The van der Waals surface area contributed by atoms with E-state index < -0.39 is 10.8 Å². The van der Waals surface area contributed by atoms with Crippen molar-refractivity contribution in [3.63, 3.8) is 0 Å².